The van der Waals surface area contributed by atoms with Crippen molar-refractivity contribution >= 4 is 33.0 Å². The molecule has 0 saturated carbocycles. The highest BCUT2D eigenvalue weighted by molar-refractivity contribution is 9.10. The predicted octanol–water partition coefficient (Wildman–Crippen LogP) is 0.271. The second kappa shape index (κ2) is 5.24. The summed E-state index contributed by atoms with van der Waals surface area (Å²) in [6, 6.07) is 0. The molecule has 2 aromatic heterocycles. The van der Waals surface area contributed by atoms with Crippen LogP contribution in [0.25, 0.3) is 11.2 Å². The lowest BCUT2D eigenvalue weighted by atomic mass is 10.2. The van der Waals surface area contributed by atoms with Gasteiger partial charge in [-0.3, -0.25) is 4.57 Å². The third-order valence-electron chi connectivity index (χ3n) is 3.30. The van der Waals surface area contributed by atoms with Crippen LogP contribution in [0, 0.1) is 0 Å². The summed E-state index contributed by atoms with van der Waals surface area (Å²) in [7, 11) is 1.75. The van der Waals surface area contributed by atoms with Crippen molar-refractivity contribution in [2.24, 2.45) is 0 Å². The monoisotopic (exact) mass is 343 g/mol. The van der Waals surface area contributed by atoms with E-state index in [-0.39, 0.29) is 6.61 Å². The number of nitrogens with one attached hydrogen (secondary N) is 1. The molecular formula is C11H14BrN5O3. The van der Waals surface area contributed by atoms with Gasteiger partial charge < -0.3 is 20.3 Å². The third kappa shape index (κ3) is 2.16. The van der Waals surface area contributed by atoms with Gasteiger partial charge in [0.15, 0.2) is 10.4 Å². The SMILES string of the molecule is CNc1nc2cnc(Br)nc2n1[C@@H]1C[C@@H](O)[C@H](CO)O1. The number of aromatic nitrogens is 4. The second-order valence-electron chi connectivity index (χ2n) is 4.52. The van der Waals surface area contributed by atoms with E-state index < -0.39 is 18.4 Å². The van der Waals surface area contributed by atoms with Crippen LogP contribution < -0.4 is 5.32 Å². The minimum Gasteiger partial charge on any atom is -0.394 e. The van der Waals surface area contributed by atoms with Gasteiger partial charge >= 0.3 is 0 Å². The molecule has 1 aliphatic rings. The van der Waals surface area contributed by atoms with E-state index in [0.717, 1.165) is 0 Å². The molecular weight excluding hydrogens is 330 g/mol. The average Bonchev–Trinajstić information content (AvgIpc) is 2.98. The minimum atomic E-state index is -0.711. The molecule has 3 heterocycles. The number of aliphatic hydroxyl groups excluding tert-OH is 2. The average molecular weight is 344 g/mol. The number of aliphatic hydroxyl groups is 2. The molecule has 2 aromatic rings. The molecule has 0 unspecified atom stereocenters. The molecule has 20 heavy (non-hydrogen) atoms. The van der Waals surface area contributed by atoms with Crippen LogP contribution in [-0.4, -0.2) is 55.6 Å². The van der Waals surface area contributed by atoms with E-state index in [1.54, 1.807) is 17.8 Å². The van der Waals surface area contributed by atoms with E-state index in [0.29, 0.717) is 28.3 Å². The van der Waals surface area contributed by atoms with Gasteiger partial charge in [-0.15, -0.1) is 0 Å². The van der Waals surface area contributed by atoms with Crippen molar-refractivity contribution in [3.63, 3.8) is 0 Å². The highest BCUT2D eigenvalue weighted by Crippen LogP contribution is 2.33. The van der Waals surface area contributed by atoms with Gasteiger partial charge in [0, 0.05) is 13.5 Å². The van der Waals surface area contributed by atoms with Gasteiger partial charge in [-0.05, 0) is 15.9 Å². The van der Waals surface area contributed by atoms with Crippen molar-refractivity contribution in [1.29, 1.82) is 0 Å². The summed E-state index contributed by atoms with van der Waals surface area (Å²) in [5.41, 5.74) is 1.23. The Morgan fingerprint density at radius 1 is 1.55 bits per heavy atom. The molecule has 3 atom stereocenters. The first-order valence-electron chi connectivity index (χ1n) is 6.16. The van der Waals surface area contributed by atoms with E-state index in [4.69, 9.17) is 4.74 Å². The quantitative estimate of drug-likeness (QED) is 0.687. The van der Waals surface area contributed by atoms with Crippen molar-refractivity contribution in [3.05, 3.63) is 10.9 Å². The molecule has 0 radical (unpaired) electrons. The van der Waals surface area contributed by atoms with Crippen molar-refractivity contribution in [2.75, 3.05) is 19.0 Å². The van der Waals surface area contributed by atoms with E-state index >= 15 is 0 Å². The lowest BCUT2D eigenvalue weighted by molar-refractivity contribution is -0.0425. The van der Waals surface area contributed by atoms with E-state index in [9.17, 15) is 10.2 Å². The minimum absolute atomic E-state index is 0.224. The van der Waals surface area contributed by atoms with Crippen LogP contribution in [0.4, 0.5) is 5.95 Å². The van der Waals surface area contributed by atoms with Crippen LogP contribution in [0.1, 0.15) is 12.6 Å². The van der Waals surface area contributed by atoms with Gasteiger partial charge in [-0.2, -0.15) is 0 Å². The number of anilines is 1. The zero-order valence-corrected chi connectivity index (χ0v) is 12.3. The summed E-state index contributed by atoms with van der Waals surface area (Å²) >= 11 is 3.23. The molecule has 108 valence electrons. The maximum Gasteiger partial charge on any atom is 0.207 e. The maximum absolute atomic E-state index is 9.87. The van der Waals surface area contributed by atoms with Gasteiger partial charge in [0.05, 0.1) is 18.9 Å². The van der Waals surface area contributed by atoms with Crippen LogP contribution in [0.5, 0.6) is 0 Å². The van der Waals surface area contributed by atoms with Gasteiger partial charge in [-0.1, -0.05) is 0 Å². The highest BCUT2D eigenvalue weighted by atomic mass is 79.9. The zero-order chi connectivity index (χ0) is 14.3. The van der Waals surface area contributed by atoms with Crippen molar-refractivity contribution in [2.45, 2.75) is 24.9 Å². The normalized spacial score (nSPS) is 26.3. The fourth-order valence-corrected chi connectivity index (χ4v) is 2.63. The van der Waals surface area contributed by atoms with Gasteiger partial charge in [0.1, 0.15) is 17.8 Å². The van der Waals surface area contributed by atoms with E-state index in [1.165, 1.54) is 0 Å². The smallest absolute Gasteiger partial charge is 0.207 e. The fourth-order valence-electron chi connectivity index (χ4n) is 2.36. The number of ether oxygens (including phenoxy) is 1. The van der Waals surface area contributed by atoms with E-state index in [1.807, 2.05) is 0 Å². The first kappa shape index (κ1) is 13.7. The molecule has 0 amide bonds. The van der Waals surface area contributed by atoms with Crippen molar-refractivity contribution < 1.29 is 14.9 Å². The summed E-state index contributed by atoms with van der Waals surface area (Å²) in [5.74, 6) is 0.572. The summed E-state index contributed by atoms with van der Waals surface area (Å²) in [5, 5.41) is 22.0. The number of rotatable bonds is 3. The second-order valence-corrected chi connectivity index (χ2v) is 5.23. The topological polar surface area (TPSA) is 105 Å². The number of imidazole rings is 1. The Labute approximate surface area is 122 Å². The molecule has 1 fully saturated rings. The van der Waals surface area contributed by atoms with Crippen molar-refractivity contribution in [3.8, 4) is 0 Å². The standard InChI is InChI=1S/C11H14BrN5O3/c1-13-11-15-5-3-14-10(12)16-9(5)17(11)8-2-6(19)7(4-18)20-8/h3,6-8,18-19H,2,4H2,1H3,(H,13,15)/t6-,7+,8+/m1/s1. The van der Waals surface area contributed by atoms with Crippen LogP contribution in [0.15, 0.2) is 10.9 Å². The molecule has 8 nitrogen and oxygen atoms in total. The molecule has 0 aromatic carbocycles. The maximum atomic E-state index is 9.87. The lowest BCUT2D eigenvalue weighted by Crippen LogP contribution is -2.24. The number of hydrogen-bond donors (Lipinski definition) is 3. The van der Waals surface area contributed by atoms with Gasteiger partial charge in [0.2, 0.25) is 5.95 Å². The van der Waals surface area contributed by atoms with Crippen molar-refractivity contribution in [1.82, 2.24) is 19.5 Å². The largest absolute Gasteiger partial charge is 0.394 e. The van der Waals surface area contributed by atoms with Crippen LogP contribution >= 0.6 is 15.9 Å². The molecule has 0 bridgehead atoms. The summed E-state index contributed by atoms with van der Waals surface area (Å²) < 4.78 is 7.88. The molecule has 9 heteroatoms. The van der Waals surface area contributed by atoms with E-state index in [2.05, 4.69) is 36.2 Å². The zero-order valence-electron chi connectivity index (χ0n) is 10.7. The van der Waals surface area contributed by atoms with Gasteiger partial charge in [-0.25, -0.2) is 15.0 Å². The summed E-state index contributed by atoms with van der Waals surface area (Å²) in [4.78, 5) is 12.7. The molecule has 0 aliphatic carbocycles. The molecule has 3 rings (SSSR count). The molecule has 3 N–H and O–H groups in total. The molecule has 0 spiro atoms. The predicted molar refractivity (Wildman–Crippen MR) is 74.2 cm³/mol. The third-order valence-corrected chi connectivity index (χ3v) is 3.68. The Kier molecular flexibility index (Phi) is 3.59. The first-order valence-corrected chi connectivity index (χ1v) is 6.96. The number of halogens is 1. The molecule has 1 saturated heterocycles. The Morgan fingerprint density at radius 2 is 2.35 bits per heavy atom. The highest BCUT2D eigenvalue weighted by Gasteiger charge is 2.36. The molecule has 1 aliphatic heterocycles. The Hall–Kier alpha value is -1.29. The van der Waals surface area contributed by atoms with Crippen LogP contribution in [0.3, 0.4) is 0 Å². The Balaban J connectivity index is 2.08. The summed E-state index contributed by atoms with van der Waals surface area (Å²) in [6.07, 6.45) is 0.243. The number of nitrogens with zero attached hydrogens (tertiary/aromatic N) is 4. The number of fused-ring (bicyclic) bond motifs is 1. The van der Waals surface area contributed by atoms with Crippen LogP contribution in [0.2, 0.25) is 0 Å². The Bertz CT molecular complexity index is 634. The number of hydrogen-bond acceptors (Lipinski definition) is 7. The fraction of sp³-hybridized carbons (Fsp3) is 0.545. The van der Waals surface area contributed by atoms with Crippen LogP contribution in [-0.2, 0) is 4.74 Å². The first-order chi connectivity index (χ1) is 9.63. The van der Waals surface area contributed by atoms with Gasteiger partial charge in [0.25, 0.3) is 0 Å². The lowest BCUT2D eigenvalue weighted by Gasteiger charge is -2.16. The Morgan fingerprint density at radius 3 is 3.00 bits per heavy atom. The summed E-state index contributed by atoms with van der Waals surface area (Å²) in [6.45, 7) is -0.224.